The van der Waals surface area contributed by atoms with Gasteiger partial charge in [-0.2, -0.15) is 0 Å². The number of hydrogen-bond acceptors (Lipinski definition) is 2. The van der Waals surface area contributed by atoms with Gasteiger partial charge in [-0.15, -0.1) is 0 Å². The molecule has 1 fully saturated rings. The van der Waals surface area contributed by atoms with E-state index in [0.29, 0.717) is 19.4 Å². The summed E-state index contributed by atoms with van der Waals surface area (Å²) in [5.74, 6) is -1.28. The lowest BCUT2D eigenvalue weighted by Gasteiger charge is -2.30. The van der Waals surface area contributed by atoms with Crippen molar-refractivity contribution in [1.29, 1.82) is 0 Å². The van der Waals surface area contributed by atoms with Crippen molar-refractivity contribution in [2.45, 2.75) is 19.3 Å². The Bertz CT molecular complexity index is 483. The minimum Gasteiger partial charge on any atom is -0.481 e. The molecule has 5 heteroatoms. The van der Waals surface area contributed by atoms with Crippen molar-refractivity contribution in [3.63, 3.8) is 0 Å². The van der Waals surface area contributed by atoms with Gasteiger partial charge in [0.05, 0.1) is 5.92 Å². The molecule has 0 spiro atoms. The summed E-state index contributed by atoms with van der Waals surface area (Å²) in [6.45, 7) is 0.579. The van der Waals surface area contributed by atoms with E-state index in [9.17, 15) is 9.59 Å². The topological polar surface area (TPSA) is 66.4 Å². The van der Waals surface area contributed by atoms with Crippen LogP contribution in [0.3, 0.4) is 0 Å². The number of carboxylic acids is 1. The molecule has 0 saturated heterocycles. The van der Waals surface area contributed by atoms with Crippen LogP contribution in [-0.4, -0.2) is 23.5 Å². The molecule has 4 nitrogen and oxygen atoms in total. The van der Waals surface area contributed by atoms with Crippen LogP contribution in [-0.2, 0) is 16.0 Å². The SMILES string of the molecule is O=C(O)C1CC(C(=O)NCCc2ccccc2Br)C1. The van der Waals surface area contributed by atoms with Crippen LogP contribution in [0, 0.1) is 11.8 Å². The fourth-order valence-corrected chi connectivity index (χ4v) is 2.68. The van der Waals surface area contributed by atoms with Crippen molar-refractivity contribution in [3.05, 3.63) is 34.3 Å². The van der Waals surface area contributed by atoms with Gasteiger partial charge in [-0.25, -0.2) is 0 Å². The zero-order valence-electron chi connectivity index (χ0n) is 10.4. The third-order valence-corrected chi connectivity index (χ3v) is 4.28. The molecule has 2 N–H and O–H groups in total. The highest BCUT2D eigenvalue weighted by Crippen LogP contribution is 2.33. The largest absolute Gasteiger partial charge is 0.481 e. The minimum absolute atomic E-state index is 0.0236. The molecule has 0 aromatic heterocycles. The molecule has 0 bridgehead atoms. The van der Waals surface area contributed by atoms with Crippen LogP contribution in [0.4, 0.5) is 0 Å². The molecule has 0 atom stereocenters. The smallest absolute Gasteiger partial charge is 0.306 e. The fraction of sp³-hybridized carbons (Fsp3) is 0.429. The Morgan fingerprint density at radius 1 is 1.26 bits per heavy atom. The van der Waals surface area contributed by atoms with Gasteiger partial charge in [-0.1, -0.05) is 34.1 Å². The van der Waals surface area contributed by atoms with Gasteiger partial charge < -0.3 is 10.4 Å². The summed E-state index contributed by atoms with van der Waals surface area (Å²) in [7, 11) is 0. The number of rotatable bonds is 5. The van der Waals surface area contributed by atoms with E-state index >= 15 is 0 Å². The molecular weight excluding hydrogens is 310 g/mol. The lowest BCUT2D eigenvalue weighted by molar-refractivity contribution is -0.148. The molecule has 1 aliphatic rings. The number of carbonyl (C=O) groups is 2. The lowest BCUT2D eigenvalue weighted by Crippen LogP contribution is -2.41. The van der Waals surface area contributed by atoms with Gasteiger partial charge in [0.1, 0.15) is 0 Å². The Hall–Kier alpha value is -1.36. The molecule has 1 saturated carbocycles. The number of benzene rings is 1. The van der Waals surface area contributed by atoms with E-state index in [1.54, 1.807) is 0 Å². The summed E-state index contributed by atoms with van der Waals surface area (Å²) in [5.41, 5.74) is 1.15. The first-order chi connectivity index (χ1) is 9.08. The van der Waals surface area contributed by atoms with Crippen molar-refractivity contribution in [2.24, 2.45) is 11.8 Å². The first-order valence-corrected chi connectivity index (χ1v) is 7.11. The molecule has 0 radical (unpaired) electrons. The first kappa shape index (κ1) is 14.1. The summed E-state index contributed by atoms with van der Waals surface area (Å²) in [4.78, 5) is 22.4. The Morgan fingerprint density at radius 3 is 2.58 bits per heavy atom. The van der Waals surface area contributed by atoms with Crippen molar-refractivity contribution < 1.29 is 14.7 Å². The molecule has 19 heavy (non-hydrogen) atoms. The maximum atomic E-state index is 11.8. The van der Waals surface area contributed by atoms with E-state index in [2.05, 4.69) is 21.2 Å². The first-order valence-electron chi connectivity index (χ1n) is 6.32. The number of aliphatic carboxylic acids is 1. The van der Waals surface area contributed by atoms with Crippen molar-refractivity contribution in [1.82, 2.24) is 5.32 Å². The Morgan fingerprint density at radius 2 is 1.95 bits per heavy atom. The van der Waals surface area contributed by atoms with Crippen LogP contribution in [0.1, 0.15) is 18.4 Å². The fourth-order valence-electron chi connectivity index (χ4n) is 2.20. The Balaban J connectivity index is 1.71. The number of carbonyl (C=O) groups excluding carboxylic acids is 1. The van der Waals surface area contributed by atoms with Gasteiger partial charge in [0.25, 0.3) is 0 Å². The van der Waals surface area contributed by atoms with Gasteiger partial charge in [0.2, 0.25) is 5.91 Å². The summed E-state index contributed by atoms with van der Waals surface area (Å²) in [5, 5.41) is 11.6. The molecule has 1 aromatic carbocycles. The van der Waals surface area contributed by atoms with Crippen LogP contribution >= 0.6 is 15.9 Å². The number of carboxylic acid groups (broad SMARTS) is 1. The Kier molecular flexibility index (Phi) is 4.58. The maximum absolute atomic E-state index is 11.8. The second kappa shape index (κ2) is 6.19. The highest BCUT2D eigenvalue weighted by Gasteiger charge is 2.38. The van der Waals surface area contributed by atoms with Crippen LogP contribution in [0.25, 0.3) is 0 Å². The van der Waals surface area contributed by atoms with Gasteiger partial charge in [0.15, 0.2) is 0 Å². The predicted octanol–water partition coefficient (Wildman–Crippen LogP) is 2.22. The van der Waals surface area contributed by atoms with E-state index in [4.69, 9.17) is 5.11 Å². The zero-order valence-corrected chi connectivity index (χ0v) is 12.0. The van der Waals surface area contributed by atoms with Gasteiger partial charge in [-0.05, 0) is 30.9 Å². The molecular formula is C14H16BrNO3. The highest BCUT2D eigenvalue weighted by atomic mass is 79.9. The minimum atomic E-state index is -0.794. The van der Waals surface area contributed by atoms with E-state index < -0.39 is 5.97 Å². The molecule has 2 rings (SSSR count). The van der Waals surface area contributed by atoms with E-state index in [-0.39, 0.29) is 17.7 Å². The summed E-state index contributed by atoms with van der Waals surface area (Å²) in [6, 6.07) is 7.90. The molecule has 0 heterocycles. The number of halogens is 1. The summed E-state index contributed by atoms with van der Waals surface area (Å²) < 4.78 is 1.04. The number of hydrogen-bond donors (Lipinski definition) is 2. The van der Waals surface area contributed by atoms with Crippen molar-refractivity contribution in [2.75, 3.05) is 6.54 Å². The van der Waals surface area contributed by atoms with Gasteiger partial charge in [0, 0.05) is 16.9 Å². The van der Waals surface area contributed by atoms with Crippen LogP contribution in [0.5, 0.6) is 0 Å². The predicted molar refractivity (Wildman–Crippen MR) is 74.7 cm³/mol. The second-order valence-electron chi connectivity index (χ2n) is 4.84. The van der Waals surface area contributed by atoms with Crippen molar-refractivity contribution >= 4 is 27.8 Å². The second-order valence-corrected chi connectivity index (χ2v) is 5.69. The molecule has 0 unspecified atom stereocenters. The third kappa shape index (κ3) is 3.56. The van der Waals surface area contributed by atoms with E-state index in [1.165, 1.54) is 0 Å². The van der Waals surface area contributed by atoms with Gasteiger partial charge >= 0.3 is 5.97 Å². The molecule has 102 valence electrons. The third-order valence-electron chi connectivity index (χ3n) is 3.51. The maximum Gasteiger partial charge on any atom is 0.306 e. The molecule has 1 amide bonds. The van der Waals surface area contributed by atoms with Crippen molar-refractivity contribution in [3.8, 4) is 0 Å². The van der Waals surface area contributed by atoms with Crippen LogP contribution in [0.15, 0.2) is 28.7 Å². The summed E-state index contributed by atoms with van der Waals surface area (Å²) >= 11 is 3.46. The van der Waals surface area contributed by atoms with E-state index in [1.807, 2.05) is 24.3 Å². The number of amides is 1. The average Bonchev–Trinajstić information content (AvgIpc) is 2.29. The molecule has 0 aliphatic heterocycles. The normalized spacial score (nSPS) is 21.5. The highest BCUT2D eigenvalue weighted by molar-refractivity contribution is 9.10. The lowest BCUT2D eigenvalue weighted by atomic mass is 9.74. The summed E-state index contributed by atoms with van der Waals surface area (Å²) in [6.07, 6.45) is 1.70. The zero-order chi connectivity index (χ0) is 13.8. The standard InChI is InChI=1S/C14H16BrNO3/c15-12-4-2-1-3-9(12)5-6-16-13(17)10-7-11(8-10)14(18)19/h1-4,10-11H,5-8H2,(H,16,17)(H,18,19). The van der Waals surface area contributed by atoms with Crippen LogP contribution in [0.2, 0.25) is 0 Å². The van der Waals surface area contributed by atoms with Crippen LogP contribution < -0.4 is 5.32 Å². The monoisotopic (exact) mass is 325 g/mol. The number of nitrogens with one attached hydrogen (secondary N) is 1. The molecule has 1 aromatic rings. The van der Waals surface area contributed by atoms with E-state index in [0.717, 1.165) is 16.5 Å². The Labute approximate surface area is 120 Å². The molecule has 1 aliphatic carbocycles. The quantitative estimate of drug-likeness (QED) is 0.872. The van der Waals surface area contributed by atoms with Gasteiger partial charge in [-0.3, -0.25) is 9.59 Å². The average molecular weight is 326 g/mol.